The summed E-state index contributed by atoms with van der Waals surface area (Å²) in [5, 5.41) is 3.32. The van der Waals surface area contributed by atoms with Crippen molar-refractivity contribution >= 4 is 17.7 Å². The highest BCUT2D eigenvalue weighted by Gasteiger charge is 2.53. The van der Waals surface area contributed by atoms with Gasteiger partial charge < -0.3 is 5.32 Å². The van der Waals surface area contributed by atoms with Gasteiger partial charge >= 0.3 is 0 Å². The van der Waals surface area contributed by atoms with Gasteiger partial charge in [-0.15, -0.1) is 11.8 Å². The number of benzene rings is 1. The fraction of sp³-hybridized carbons (Fsp3) is 0.667. The maximum absolute atomic E-state index is 12.9. The van der Waals surface area contributed by atoms with Gasteiger partial charge in [0.2, 0.25) is 5.91 Å². The Morgan fingerprint density at radius 1 is 1.16 bits per heavy atom. The number of hydrogen-bond donors (Lipinski definition) is 1. The molecule has 4 aliphatic carbocycles. The molecule has 1 atom stereocenters. The number of carbonyl (C=O) groups is 1. The Bertz CT molecular complexity index is 594. The Balaban J connectivity index is 1.27. The SMILES string of the molecule is C[C@H](NC(=O)CCSc1ccc(F)cc1)C12CC3CC(CC(C3)C1)C2. The van der Waals surface area contributed by atoms with E-state index < -0.39 is 0 Å². The summed E-state index contributed by atoms with van der Waals surface area (Å²) in [4.78, 5) is 13.4. The highest BCUT2D eigenvalue weighted by molar-refractivity contribution is 7.99. The first-order valence-electron chi connectivity index (χ1n) is 9.70. The molecule has 1 N–H and O–H groups in total. The Kier molecular flexibility index (Phi) is 4.83. The lowest BCUT2D eigenvalue weighted by Gasteiger charge is -2.59. The summed E-state index contributed by atoms with van der Waals surface area (Å²) in [6, 6.07) is 6.78. The zero-order valence-corrected chi connectivity index (χ0v) is 15.8. The van der Waals surface area contributed by atoms with Crippen molar-refractivity contribution in [3.63, 3.8) is 0 Å². The summed E-state index contributed by atoms with van der Waals surface area (Å²) >= 11 is 1.62. The summed E-state index contributed by atoms with van der Waals surface area (Å²) in [7, 11) is 0. The van der Waals surface area contributed by atoms with Crippen molar-refractivity contribution in [1.29, 1.82) is 0 Å². The van der Waals surface area contributed by atoms with Crippen LogP contribution in [0.2, 0.25) is 0 Å². The van der Waals surface area contributed by atoms with Gasteiger partial charge in [-0.3, -0.25) is 4.79 Å². The van der Waals surface area contributed by atoms with Gasteiger partial charge in [-0.2, -0.15) is 0 Å². The average molecular weight is 362 g/mol. The molecule has 4 bridgehead atoms. The van der Waals surface area contributed by atoms with Crippen LogP contribution in [0, 0.1) is 29.0 Å². The minimum atomic E-state index is -0.216. The summed E-state index contributed by atoms with van der Waals surface area (Å²) in [5.41, 5.74) is 0.370. The van der Waals surface area contributed by atoms with Gasteiger partial charge in [0.25, 0.3) is 0 Å². The fourth-order valence-corrected chi connectivity index (χ4v) is 6.82. The van der Waals surface area contributed by atoms with Crippen LogP contribution in [0.15, 0.2) is 29.2 Å². The summed E-state index contributed by atoms with van der Waals surface area (Å²) in [6.07, 6.45) is 8.82. The Morgan fingerprint density at radius 2 is 1.72 bits per heavy atom. The standard InChI is InChI=1S/C21H28FNOS/c1-14(21-11-15-8-16(12-21)10-17(9-15)13-21)23-20(24)6-7-25-19-4-2-18(22)3-5-19/h2-5,14-17H,6-13H2,1H3,(H,23,24)/t14-,15?,16?,17?,21?/m0/s1. The summed E-state index contributed by atoms with van der Waals surface area (Å²) < 4.78 is 12.9. The molecule has 5 rings (SSSR count). The molecule has 4 aliphatic rings. The normalized spacial score (nSPS) is 34.1. The molecule has 0 saturated heterocycles. The highest BCUT2D eigenvalue weighted by Crippen LogP contribution is 2.61. The number of halogens is 1. The Labute approximate surface area is 154 Å². The van der Waals surface area contributed by atoms with Gasteiger partial charge in [0.05, 0.1) is 0 Å². The first-order valence-corrected chi connectivity index (χ1v) is 10.7. The number of thioether (sulfide) groups is 1. The lowest BCUT2D eigenvalue weighted by atomic mass is 9.48. The van der Waals surface area contributed by atoms with E-state index in [0.29, 0.717) is 17.9 Å². The Hall–Kier alpha value is -1.03. The molecule has 2 nitrogen and oxygen atoms in total. The van der Waals surface area contributed by atoms with Crippen molar-refractivity contribution in [1.82, 2.24) is 5.32 Å². The molecule has 0 aliphatic heterocycles. The van der Waals surface area contributed by atoms with E-state index in [1.807, 2.05) is 0 Å². The molecule has 0 radical (unpaired) electrons. The van der Waals surface area contributed by atoms with Crippen LogP contribution in [0.25, 0.3) is 0 Å². The van der Waals surface area contributed by atoms with Crippen LogP contribution < -0.4 is 5.32 Å². The molecule has 4 saturated carbocycles. The van der Waals surface area contributed by atoms with E-state index in [9.17, 15) is 9.18 Å². The van der Waals surface area contributed by atoms with E-state index in [1.165, 1.54) is 50.7 Å². The van der Waals surface area contributed by atoms with Crippen LogP contribution in [0.5, 0.6) is 0 Å². The van der Waals surface area contributed by atoms with Crippen molar-refractivity contribution < 1.29 is 9.18 Å². The van der Waals surface area contributed by atoms with Crippen LogP contribution in [-0.2, 0) is 4.79 Å². The van der Waals surface area contributed by atoms with E-state index >= 15 is 0 Å². The Morgan fingerprint density at radius 3 is 2.28 bits per heavy atom. The quantitative estimate of drug-likeness (QED) is 0.720. The van der Waals surface area contributed by atoms with E-state index in [2.05, 4.69) is 12.2 Å². The van der Waals surface area contributed by atoms with Gasteiger partial charge in [0, 0.05) is 23.1 Å². The van der Waals surface area contributed by atoms with Gasteiger partial charge in [-0.1, -0.05) is 0 Å². The molecule has 0 unspecified atom stereocenters. The van der Waals surface area contributed by atoms with E-state index in [0.717, 1.165) is 28.4 Å². The highest BCUT2D eigenvalue weighted by atomic mass is 32.2. The van der Waals surface area contributed by atoms with Gasteiger partial charge in [-0.25, -0.2) is 4.39 Å². The number of rotatable bonds is 6. The topological polar surface area (TPSA) is 29.1 Å². The largest absolute Gasteiger partial charge is 0.353 e. The number of carbonyl (C=O) groups excluding carboxylic acids is 1. The van der Waals surface area contributed by atoms with Crippen LogP contribution in [-0.4, -0.2) is 17.7 Å². The molecule has 0 heterocycles. The molecular formula is C21H28FNOS. The van der Waals surface area contributed by atoms with Crippen molar-refractivity contribution in [3.8, 4) is 0 Å². The molecule has 0 aromatic heterocycles. The second kappa shape index (κ2) is 6.94. The minimum Gasteiger partial charge on any atom is -0.353 e. The third-order valence-corrected chi connectivity index (χ3v) is 7.81. The summed E-state index contributed by atoms with van der Waals surface area (Å²) in [5.74, 6) is 3.44. The first kappa shape index (κ1) is 17.4. The van der Waals surface area contributed by atoms with Gasteiger partial charge in [-0.05, 0) is 92.9 Å². The molecule has 0 spiro atoms. The van der Waals surface area contributed by atoms with Gasteiger partial charge in [0.15, 0.2) is 0 Å². The van der Waals surface area contributed by atoms with E-state index in [-0.39, 0.29) is 11.7 Å². The van der Waals surface area contributed by atoms with Crippen LogP contribution >= 0.6 is 11.8 Å². The summed E-state index contributed by atoms with van der Waals surface area (Å²) in [6.45, 7) is 2.23. The zero-order valence-electron chi connectivity index (χ0n) is 15.0. The third kappa shape index (κ3) is 3.74. The number of amides is 1. The molecule has 136 valence electrons. The molecule has 1 aromatic carbocycles. The molecule has 4 heteroatoms. The van der Waals surface area contributed by atoms with E-state index in [1.54, 1.807) is 23.9 Å². The molecule has 1 aromatic rings. The van der Waals surface area contributed by atoms with Crippen molar-refractivity contribution in [2.24, 2.45) is 23.2 Å². The third-order valence-electron chi connectivity index (χ3n) is 6.79. The first-order chi connectivity index (χ1) is 12.0. The zero-order chi connectivity index (χ0) is 17.4. The fourth-order valence-electron chi connectivity index (χ4n) is 5.97. The smallest absolute Gasteiger partial charge is 0.221 e. The predicted octanol–water partition coefficient (Wildman–Crippen LogP) is 5.03. The maximum atomic E-state index is 12.9. The lowest BCUT2D eigenvalue weighted by molar-refractivity contribution is -0.125. The number of nitrogens with one attached hydrogen (secondary N) is 1. The minimum absolute atomic E-state index is 0.165. The maximum Gasteiger partial charge on any atom is 0.221 e. The van der Waals surface area contributed by atoms with Crippen LogP contribution in [0.3, 0.4) is 0 Å². The molecule has 1 amide bonds. The predicted molar refractivity (Wildman–Crippen MR) is 100.0 cm³/mol. The van der Waals surface area contributed by atoms with Crippen molar-refractivity contribution in [3.05, 3.63) is 30.1 Å². The van der Waals surface area contributed by atoms with Crippen LogP contribution in [0.4, 0.5) is 4.39 Å². The van der Waals surface area contributed by atoms with Gasteiger partial charge in [0.1, 0.15) is 5.82 Å². The second-order valence-electron chi connectivity index (χ2n) is 8.62. The van der Waals surface area contributed by atoms with Crippen molar-refractivity contribution in [2.45, 2.75) is 62.8 Å². The van der Waals surface area contributed by atoms with Crippen LogP contribution in [0.1, 0.15) is 51.9 Å². The lowest BCUT2D eigenvalue weighted by Crippen LogP contribution is -2.55. The average Bonchev–Trinajstić information content (AvgIpc) is 2.55. The molecular weight excluding hydrogens is 333 g/mol. The molecule has 25 heavy (non-hydrogen) atoms. The monoisotopic (exact) mass is 361 g/mol. The molecule has 4 fully saturated rings. The van der Waals surface area contributed by atoms with Crippen molar-refractivity contribution in [2.75, 3.05) is 5.75 Å². The second-order valence-corrected chi connectivity index (χ2v) is 9.79. The number of hydrogen-bond acceptors (Lipinski definition) is 2. The van der Waals surface area contributed by atoms with E-state index in [4.69, 9.17) is 0 Å².